The molecule has 4 N–H and O–H groups in total. The van der Waals surface area contributed by atoms with Crippen LogP contribution in [0.4, 0.5) is 0 Å². The third kappa shape index (κ3) is 32.1. The molecule has 5 fully saturated rings. The normalized spacial score (nSPS) is 21.9. The van der Waals surface area contributed by atoms with Crippen LogP contribution < -0.4 is 0 Å². The Kier molecular flexibility index (Phi) is 57.8. The monoisotopic (exact) mass is 1300 g/mol. The molecular weight excluding hydrogens is 1220 g/mol. The van der Waals surface area contributed by atoms with Crippen molar-refractivity contribution in [1.82, 2.24) is 0 Å². The van der Waals surface area contributed by atoms with E-state index in [-0.39, 0.29) is 79.0 Å². The summed E-state index contributed by atoms with van der Waals surface area (Å²) in [7, 11) is 9.02. The van der Waals surface area contributed by atoms with Crippen molar-refractivity contribution < 1.29 is 83.6 Å². The molecule has 0 aromatic heterocycles. The van der Waals surface area contributed by atoms with Crippen LogP contribution >= 0.6 is 15.8 Å². The summed E-state index contributed by atoms with van der Waals surface area (Å²) >= 11 is 0. The number of aliphatic hydroxyl groups excluding tert-OH is 4. The molecule has 4 nitrogen and oxygen atoms in total. The molecule has 0 amide bonds. The maximum Gasteiger partial charge on any atom is 0.0675 e. The maximum absolute atomic E-state index is 6.75. The van der Waals surface area contributed by atoms with Gasteiger partial charge >= 0.3 is 0 Å². The molecule has 0 saturated heterocycles. The van der Waals surface area contributed by atoms with Gasteiger partial charge in [0.05, 0.1) is 22.6 Å². The molecule has 9 heteroatoms. The molecule has 0 aliphatic heterocycles. The summed E-state index contributed by atoms with van der Waals surface area (Å²) in [6.45, 7) is 11.7. The van der Waals surface area contributed by atoms with Crippen molar-refractivity contribution in [2.45, 2.75) is 184 Å². The van der Waals surface area contributed by atoms with Gasteiger partial charge in [-0.1, -0.05) is 58.3 Å². The van der Waals surface area contributed by atoms with Crippen LogP contribution in [0, 0.1) is 47.2 Å². The first-order chi connectivity index (χ1) is 24.0. The summed E-state index contributed by atoms with van der Waals surface area (Å²) in [6.07, 6.45) is 36.6. The minimum Gasteiger partial charge on any atom is -0.569 e. The maximum atomic E-state index is 6.75. The van der Waals surface area contributed by atoms with Gasteiger partial charge in [-0.2, -0.15) is 24.1 Å². The van der Waals surface area contributed by atoms with Crippen LogP contribution in [0.5, 0.6) is 0 Å². The Labute approximate surface area is 371 Å². The average molecular weight is 1300 g/mol. The zero-order valence-corrected chi connectivity index (χ0v) is 43.2. The van der Waals surface area contributed by atoms with Crippen LogP contribution in [0.2, 0.25) is 0 Å². The van der Waals surface area contributed by atoms with Gasteiger partial charge in [-0.25, -0.2) is 40.6 Å². The standard InChI is InChI=1S/2C13H25P.C8H15.C5H5.4CH3O.2Pt.W/c2*1-14(12-8-4-2-5-9-12)13-10-6-3-7-11-13;1-7-3-5-8(2)6-4-7;1-2-4-5-3-1;4*1-2;;;/h2*12-13H,2-11H2,1H3;7-8H,1,3-6H2,2H3;1-5H;4*2H,1H2;;;/q;;6*-1;;;/p+2. The van der Waals surface area contributed by atoms with Crippen molar-refractivity contribution in [3.05, 3.63) is 65.7 Å². The van der Waals surface area contributed by atoms with E-state index >= 15 is 0 Å². The molecule has 5 saturated carbocycles. The molecule has 0 heterocycles. The topological polar surface area (TPSA) is 80.9 Å². The first-order valence-electron chi connectivity index (χ1n) is 20.0. The van der Waals surface area contributed by atoms with Crippen molar-refractivity contribution in [2.75, 3.05) is 13.3 Å². The number of hydrogen-bond acceptors (Lipinski definition) is 4. The van der Waals surface area contributed by atoms with Gasteiger partial charge in [0.15, 0.2) is 0 Å². The van der Waals surface area contributed by atoms with E-state index in [0.717, 1.165) is 11.8 Å². The number of rotatable bonds is 4. The number of hydrogen-bond donors (Lipinski definition) is 4. The first-order valence-corrected chi connectivity index (χ1v) is 24.3. The zero-order chi connectivity index (χ0) is 37.1. The van der Waals surface area contributed by atoms with Crippen molar-refractivity contribution in [3.63, 3.8) is 0 Å². The summed E-state index contributed by atoms with van der Waals surface area (Å²) < 4.78 is 0. The van der Waals surface area contributed by atoms with Gasteiger partial charge in [0.25, 0.3) is 0 Å². The van der Waals surface area contributed by atoms with Crippen LogP contribution in [0.3, 0.4) is 0 Å². The molecule has 5 aliphatic carbocycles. The Bertz CT molecular complexity index is 620. The molecule has 52 heavy (non-hydrogen) atoms. The SMILES string of the molecule is C[PH+](C1CCCCC1)C1CCCCC1.C[PH+](C1CCCCC1)C1CCCCC1.[CH2-]C1CCC(C)CC1.[CH2-]O.[CH2-]O.[CH2-]O.[CH2-]O.[Pt].[Pt].[W].c1cc[cH-]c1. The Balaban J connectivity index is -0.000000181. The molecule has 0 unspecified atom stereocenters. The fourth-order valence-electron chi connectivity index (χ4n) is 8.55. The number of aliphatic hydroxyl groups is 4. The Morgan fingerprint density at radius 2 is 0.673 bits per heavy atom. The average Bonchev–Trinajstić information content (AvgIpc) is 3.81. The first kappa shape index (κ1) is 63.3. The van der Waals surface area contributed by atoms with Crippen molar-refractivity contribution in [2.24, 2.45) is 11.8 Å². The van der Waals surface area contributed by atoms with Crippen molar-refractivity contribution >= 4 is 15.8 Å². The molecule has 1 aromatic rings. The van der Waals surface area contributed by atoms with E-state index in [1.807, 2.05) is 30.3 Å². The summed E-state index contributed by atoms with van der Waals surface area (Å²) in [5.41, 5.74) is 4.77. The van der Waals surface area contributed by atoms with Crippen LogP contribution in [-0.4, -0.2) is 56.4 Å². The second-order valence-electron chi connectivity index (χ2n) is 14.9. The van der Waals surface area contributed by atoms with Crippen LogP contribution in [0.25, 0.3) is 0 Å². The third-order valence-electron chi connectivity index (χ3n) is 11.7. The smallest absolute Gasteiger partial charge is 0.0675 e. The Morgan fingerprint density at radius 3 is 0.846 bits per heavy atom. The van der Waals surface area contributed by atoms with Crippen LogP contribution in [0.15, 0.2) is 30.3 Å². The fraction of sp³-hybridized carbons (Fsp3) is 0.767. The van der Waals surface area contributed by atoms with Gasteiger partial charge in [0.1, 0.15) is 0 Å². The molecule has 0 radical (unpaired) electrons. The summed E-state index contributed by atoms with van der Waals surface area (Å²) in [6, 6.07) is 10.0. The van der Waals surface area contributed by atoms with Crippen molar-refractivity contribution in [1.29, 1.82) is 0 Å². The predicted octanol–water partition coefficient (Wildman–Crippen LogP) is 13.6. The van der Waals surface area contributed by atoms with Gasteiger partial charge in [0.2, 0.25) is 0 Å². The molecule has 6 rings (SSSR count). The minimum absolute atomic E-state index is 0. The van der Waals surface area contributed by atoms with Gasteiger partial charge in [-0.15, -0.1) is 0 Å². The van der Waals surface area contributed by atoms with E-state index in [4.69, 9.17) is 20.4 Å². The summed E-state index contributed by atoms with van der Waals surface area (Å²) in [5, 5.41) is 27.0. The molecule has 320 valence electrons. The summed E-state index contributed by atoms with van der Waals surface area (Å²) in [5.74, 6) is 1.75. The van der Waals surface area contributed by atoms with Gasteiger partial charge < -0.3 is 27.3 Å². The Hall–Kier alpha value is 2.11. The van der Waals surface area contributed by atoms with E-state index in [1.54, 1.807) is 103 Å². The fourth-order valence-corrected chi connectivity index (χ4v) is 15.2. The Morgan fingerprint density at radius 1 is 0.442 bits per heavy atom. The molecule has 1 aromatic carbocycles. The molecule has 0 spiro atoms. The second-order valence-corrected chi connectivity index (χ2v) is 21.2. The second kappa shape index (κ2) is 47.5. The van der Waals surface area contributed by atoms with Gasteiger partial charge in [-0.05, 0) is 109 Å². The molecular formula is C43H84O4P2Pt2W-4. The molecule has 0 bridgehead atoms. The van der Waals surface area contributed by atoms with E-state index < -0.39 is 0 Å². The van der Waals surface area contributed by atoms with Crippen LogP contribution in [0.1, 0.15) is 161 Å². The van der Waals surface area contributed by atoms with E-state index in [1.165, 1.54) is 74.0 Å². The van der Waals surface area contributed by atoms with E-state index in [0.29, 0.717) is 0 Å². The molecule has 0 atom stereocenters. The predicted molar refractivity (Wildman–Crippen MR) is 224 cm³/mol. The quantitative estimate of drug-likeness (QED) is 0.179. The zero-order valence-electron chi connectivity index (χ0n) is 33.7. The van der Waals surface area contributed by atoms with Gasteiger partial charge in [-0.3, -0.25) is 0 Å². The third-order valence-corrected chi connectivity index (χ3v) is 19.1. The summed E-state index contributed by atoms with van der Waals surface area (Å²) in [4.78, 5) is 0. The van der Waals surface area contributed by atoms with E-state index in [9.17, 15) is 0 Å². The van der Waals surface area contributed by atoms with Crippen molar-refractivity contribution in [3.8, 4) is 0 Å². The largest absolute Gasteiger partial charge is 0.569 e. The van der Waals surface area contributed by atoms with Crippen LogP contribution in [-0.2, 0) is 63.2 Å². The van der Waals surface area contributed by atoms with Gasteiger partial charge in [0, 0.05) is 92.4 Å². The molecule has 5 aliphatic rings. The minimum atomic E-state index is 0. The van der Waals surface area contributed by atoms with E-state index in [2.05, 4.69) is 55.6 Å².